The molecule has 0 saturated heterocycles. The molecule has 1 aromatic carbocycles. The van der Waals surface area contributed by atoms with Gasteiger partial charge in [0.1, 0.15) is 0 Å². The second-order valence-corrected chi connectivity index (χ2v) is 5.18. The highest BCUT2D eigenvalue weighted by Crippen LogP contribution is 2.07. The lowest BCUT2D eigenvalue weighted by atomic mass is 10.2. The van der Waals surface area contributed by atoms with Gasteiger partial charge >= 0.3 is 0 Å². The highest BCUT2D eigenvalue weighted by molar-refractivity contribution is 5.79. The quantitative estimate of drug-likeness (QED) is 0.652. The number of rotatable bonds is 5. The first-order valence-electron chi connectivity index (χ1n) is 7.25. The van der Waals surface area contributed by atoms with Crippen molar-refractivity contribution >= 4 is 5.96 Å². The summed E-state index contributed by atoms with van der Waals surface area (Å²) in [5.41, 5.74) is 2.28. The van der Waals surface area contributed by atoms with Crippen molar-refractivity contribution in [2.75, 3.05) is 13.6 Å². The molecule has 2 N–H and O–H groups in total. The van der Waals surface area contributed by atoms with E-state index in [1.54, 1.807) is 7.05 Å². The van der Waals surface area contributed by atoms with E-state index in [4.69, 9.17) is 0 Å². The average molecular weight is 285 g/mol. The monoisotopic (exact) mass is 285 g/mol. The van der Waals surface area contributed by atoms with E-state index in [2.05, 4.69) is 40.8 Å². The molecular weight excluding hydrogens is 262 g/mol. The molecule has 2 rings (SSSR count). The Morgan fingerprint density at radius 2 is 2.05 bits per heavy atom. The minimum atomic E-state index is 0.372. The highest BCUT2D eigenvalue weighted by Gasteiger charge is 2.02. The summed E-state index contributed by atoms with van der Waals surface area (Å²) in [7, 11) is 1.78. The number of benzene rings is 1. The summed E-state index contributed by atoms with van der Waals surface area (Å²) in [6.45, 7) is 5.01. The van der Waals surface area contributed by atoms with Crippen LogP contribution >= 0.6 is 0 Å². The Labute approximate surface area is 126 Å². The van der Waals surface area contributed by atoms with Crippen LogP contribution in [0.4, 0.5) is 0 Å². The summed E-state index contributed by atoms with van der Waals surface area (Å²) >= 11 is 0. The standard InChI is InChI=1S/C16H23N5/c1-13(2)20-16(17-3)18-10-9-14-11-19-21(12-14)15-7-5-4-6-8-15/h4-8,11-13H,9-10H2,1-3H3,(H2,17,18,20). The molecule has 5 heteroatoms. The summed E-state index contributed by atoms with van der Waals surface area (Å²) in [4.78, 5) is 4.19. The second kappa shape index (κ2) is 7.47. The average Bonchev–Trinajstić information content (AvgIpc) is 2.95. The third kappa shape index (κ3) is 4.63. The van der Waals surface area contributed by atoms with Crippen molar-refractivity contribution in [3.05, 3.63) is 48.3 Å². The van der Waals surface area contributed by atoms with Crippen molar-refractivity contribution in [2.45, 2.75) is 26.3 Å². The van der Waals surface area contributed by atoms with E-state index in [1.165, 1.54) is 5.56 Å². The summed E-state index contributed by atoms with van der Waals surface area (Å²) < 4.78 is 1.90. The Kier molecular flexibility index (Phi) is 5.37. The molecule has 0 aliphatic heterocycles. The van der Waals surface area contributed by atoms with Crippen LogP contribution in [0.1, 0.15) is 19.4 Å². The van der Waals surface area contributed by atoms with Gasteiger partial charge in [-0.05, 0) is 38.0 Å². The fourth-order valence-electron chi connectivity index (χ4n) is 2.00. The Balaban J connectivity index is 1.86. The third-order valence-electron chi connectivity index (χ3n) is 3.01. The minimum Gasteiger partial charge on any atom is -0.356 e. The first kappa shape index (κ1) is 15.1. The molecule has 112 valence electrons. The molecule has 0 aliphatic carbocycles. The molecule has 2 aromatic rings. The molecule has 0 atom stereocenters. The number of aliphatic imine (C=N–C) groups is 1. The number of aromatic nitrogens is 2. The van der Waals surface area contributed by atoms with Gasteiger partial charge in [-0.1, -0.05) is 18.2 Å². The van der Waals surface area contributed by atoms with Gasteiger partial charge < -0.3 is 10.6 Å². The molecular formula is C16H23N5. The lowest BCUT2D eigenvalue weighted by Crippen LogP contribution is -2.41. The van der Waals surface area contributed by atoms with Crippen molar-refractivity contribution in [1.82, 2.24) is 20.4 Å². The van der Waals surface area contributed by atoms with Gasteiger partial charge in [0.25, 0.3) is 0 Å². The number of guanidine groups is 1. The summed E-state index contributed by atoms with van der Waals surface area (Å²) in [5, 5.41) is 11.0. The molecule has 1 heterocycles. The van der Waals surface area contributed by atoms with E-state index in [9.17, 15) is 0 Å². The van der Waals surface area contributed by atoms with Gasteiger partial charge in [-0.15, -0.1) is 0 Å². The van der Waals surface area contributed by atoms with Gasteiger partial charge in [-0.2, -0.15) is 5.10 Å². The zero-order valence-corrected chi connectivity index (χ0v) is 12.9. The lowest BCUT2D eigenvalue weighted by molar-refractivity contribution is 0.698. The zero-order chi connectivity index (χ0) is 15.1. The van der Waals surface area contributed by atoms with E-state index >= 15 is 0 Å². The van der Waals surface area contributed by atoms with E-state index in [0.29, 0.717) is 6.04 Å². The van der Waals surface area contributed by atoms with Crippen LogP contribution in [0, 0.1) is 0 Å². The number of hydrogen-bond donors (Lipinski definition) is 2. The van der Waals surface area contributed by atoms with E-state index in [1.807, 2.05) is 41.2 Å². The van der Waals surface area contributed by atoms with Crippen LogP contribution in [0.3, 0.4) is 0 Å². The topological polar surface area (TPSA) is 54.2 Å². The van der Waals surface area contributed by atoms with Gasteiger partial charge in [0.2, 0.25) is 0 Å². The molecule has 0 radical (unpaired) electrons. The summed E-state index contributed by atoms with van der Waals surface area (Å²) in [5.74, 6) is 0.834. The predicted molar refractivity (Wildman–Crippen MR) is 86.9 cm³/mol. The van der Waals surface area contributed by atoms with Crippen molar-refractivity contribution < 1.29 is 0 Å². The Hall–Kier alpha value is -2.30. The molecule has 0 saturated carbocycles. The van der Waals surface area contributed by atoms with Crippen LogP contribution < -0.4 is 10.6 Å². The third-order valence-corrected chi connectivity index (χ3v) is 3.01. The highest BCUT2D eigenvalue weighted by atomic mass is 15.3. The molecule has 0 amide bonds. The molecule has 1 aromatic heterocycles. The maximum atomic E-state index is 4.40. The smallest absolute Gasteiger partial charge is 0.191 e. The van der Waals surface area contributed by atoms with E-state index < -0.39 is 0 Å². The van der Waals surface area contributed by atoms with Crippen LogP contribution in [-0.4, -0.2) is 35.4 Å². The molecule has 21 heavy (non-hydrogen) atoms. The van der Waals surface area contributed by atoms with Crippen LogP contribution in [-0.2, 0) is 6.42 Å². The first-order chi connectivity index (χ1) is 10.2. The van der Waals surface area contributed by atoms with Gasteiger partial charge in [0.05, 0.1) is 11.9 Å². The Morgan fingerprint density at radius 1 is 1.29 bits per heavy atom. The summed E-state index contributed by atoms with van der Waals surface area (Å²) in [6, 6.07) is 10.5. The number of nitrogens with zero attached hydrogens (tertiary/aromatic N) is 3. The molecule has 5 nitrogen and oxygen atoms in total. The maximum Gasteiger partial charge on any atom is 0.191 e. The van der Waals surface area contributed by atoms with Crippen LogP contribution in [0.25, 0.3) is 5.69 Å². The fourth-order valence-corrected chi connectivity index (χ4v) is 2.00. The summed E-state index contributed by atoms with van der Waals surface area (Å²) in [6.07, 6.45) is 4.88. The fraction of sp³-hybridized carbons (Fsp3) is 0.375. The molecule has 0 fully saturated rings. The molecule has 0 unspecified atom stereocenters. The number of hydrogen-bond acceptors (Lipinski definition) is 2. The van der Waals surface area contributed by atoms with Crippen LogP contribution in [0.2, 0.25) is 0 Å². The normalized spacial score (nSPS) is 11.7. The zero-order valence-electron chi connectivity index (χ0n) is 12.9. The van der Waals surface area contributed by atoms with Crippen molar-refractivity contribution in [3.8, 4) is 5.69 Å². The van der Waals surface area contributed by atoms with Crippen molar-refractivity contribution in [3.63, 3.8) is 0 Å². The maximum absolute atomic E-state index is 4.40. The minimum absolute atomic E-state index is 0.372. The molecule has 0 spiro atoms. The van der Waals surface area contributed by atoms with Crippen molar-refractivity contribution in [2.24, 2.45) is 4.99 Å². The van der Waals surface area contributed by atoms with E-state index in [0.717, 1.165) is 24.6 Å². The second-order valence-electron chi connectivity index (χ2n) is 5.18. The van der Waals surface area contributed by atoms with Gasteiger partial charge in [0.15, 0.2) is 5.96 Å². The van der Waals surface area contributed by atoms with Gasteiger partial charge in [-0.3, -0.25) is 4.99 Å². The first-order valence-corrected chi connectivity index (χ1v) is 7.25. The van der Waals surface area contributed by atoms with Crippen molar-refractivity contribution in [1.29, 1.82) is 0 Å². The largest absolute Gasteiger partial charge is 0.356 e. The number of nitrogens with one attached hydrogen (secondary N) is 2. The van der Waals surface area contributed by atoms with Crippen LogP contribution in [0.15, 0.2) is 47.7 Å². The Bertz CT molecular complexity index is 571. The number of para-hydroxylation sites is 1. The van der Waals surface area contributed by atoms with E-state index in [-0.39, 0.29) is 0 Å². The van der Waals surface area contributed by atoms with Gasteiger partial charge in [0, 0.05) is 25.8 Å². The SMILES string of the molecule is CN=C(NCCc1cnn(-c2ccccc2)c1)NC(C)C. The molecule has 0 aliphatic rings. The molecule has 0 bridgehead atoms. The lowest BCUT2D eigenvalue weighted by Gasteiger charge is -2.13. The Morgan fingerprint density at radius 3 is 2.71 bits per heavy atom. The predicted octanol–water partition coefficient (Wildman–Crippen LogP) is 1.99. The van der Waals surface area contributed by atoms with Crippen LogP contribution in [0.5, 0.6) is 0 Å². The van der Waals surface area contributed by atoms with Gasteiger partial charge in [-0.25, -0.2) is 4.68 Å².